The summed E-state index contributed by atoms with van der Waals surface area (Å²) in [5, 5.41) is 12.9. The summed E-state index contributed by atoms with van der Waals surface area (Å²) >= 11 is 1.61. The summed E-state index contributed by atoms with van der Waals surface area (Å²) in [4.78, 5) is 20.9. The molecule has 22 heavy (non-hydrogen) atoms. The lowest BCUT2D eigenvalue weighted by molar-refractivity contribution is 0.0743. The second kappa shape index (κ2) is 6.36. The number of benzene rings is 1. The van der Waals surface area contributed by atoms with Crippen LogP contribution in [-0.4, -0.2) is 47.1 Å². The van der Waals surface area contributed by atoms with Crippen molar-refractivity contribution in [3.63, 3.8) is 0 Å². The Morgan fingerprint density at radius 1 is 1.32 bits per heavy atom. The Bertz CT molecular complexity index is 649. The van der Waals surface area contributed by atoms with E-state index in [9.17, 15) is 9.90 Å². The van der Waals surface area contributed by atoms with Crippen molar-refractivity contribution >= 4 is 22.4 Å². The van der Waals surface area contributed by atoms with Crippen LogP contribution >= 0.6 is 11.3 Å². The Labute approximate surface area is 133 Å². The number of aryl methyl sites for hydroxylation is 1. The van der Waals surface area contributed by atoms with Crippen molar-refractivity contribution in [1.29, 1.82) is 0 Å². The number of carbonyl (C=O) groups excluding carboxylic acids is 1. The van der Waals surface area contributed by atoms with Gasteiger partial charge in [-0.2, -0.15) is 0 Å². The molecular weight excluding hydrogens is 298 g/mol. The lowest BCUT2D eigenvalue weighted by Gasteiger charge is -2.34. The van der Waals surface area contributed by atoms with Crippen LogP contribution in [0.15, 0.2) is 29.8 Å². The number of piperazine rings is 1. The van der Waals surface area contributed by atoms with E-state index in [1.807, 2.05) is 18.4 Å². The third-order valence-corrected chi connectivity index (χ3v) is 4.79. The van der Waals surface area contributed by atoms with Crippen molar-refractivity contribution in [2.45, 2.75) is 13.3 Å². The smallest absolute Gasteiger partial charge is 0.257 e. The fraction of sp³-hybridized carbons (Fsp3) is 0.375. The molecule has 1 aliphatic rings. The summed E-state index contributed by atoms with van der Waals surface area (Å²) < 4.78 is 0. The highest BCUT2D eigenvalue weighted by Gasteiger charge is 2.24. The van der Waals surface area contributed by atoms with Gasteiger partial charge in [0.05, 0.1) is 5.56 Å². The highest BCUT2D eigenvalue weighted by atomic mass is 32.1. The SMILES string of the molecule is CCc1ccc(O)c(C(=O)N2CCN(c3nccs3)CC2)c1. The Balaban J connectivity index is 1.69. The van der Waals surface area contributed by atoms with Crippen molar-refractivity contribution in [2.24, 2.45) is 0 Å². The molecule has 1 N–H and O–H groups in total. The average Bonchev–Trinajstić information content (AvgIpc) is 3.09. The molecule has 0 aliphatic carbocycles. The molecule has 1 amide bonds. The maximum atomic E-state index is 12.6. The van der Waals surface area contributed by atoms with Crippen LogP contribution in [0.25, 0.3) is 0 Å². The first kappa shape index (κ1) is 14.8. The van der Waals surface area contributed by atoms with Gasteiger partial charge >= 0.3 is 0 Å². The van der Waals surface area contributed by atoms with Gasteiger partial charge in [0.15, 0.2) is 5.13 Å². The third kappa shape index (κ3) is 2.92. The molecule has 5 nitrogen and oxygen atoms in total. The largest absolute Gasteiger partial charge is 0.507 e. The summed E-state index contributed by atoms with van der Waals surface area (Å²) in [6, 6.07) is 5.26. The number of carbonyl (C=O) groups is 1. The Hall–Kier alpha value is -2.08. The topological polar surface area (TPSA) is 56.7 Å². The molecule has 0 spiro atoms. The van der Waals surface area contributed by atoms with E-state index in [2.05, 4.69) is 9.88 Å². The van der Waals surface area contributed by atoms with Crippen LogP contribution < -0.4 is 4.90 Å². The molecule has 1 aromatic heterocycles. The molecule has 0 bridgehead atoms. The average molecular weight is 317 g/mol. The van der Waals surface area contributed by atoms with Gasteiger partial charge in [-0.25, -0.2) is 4.98 Å². The molecule has 116 valence electrons. The minimum absolute atomic E-state index is 0.0598. The van der Waals surface area contributed by atoms with Crippen molar-refractivity contribution < 1.29 is 9.90 Å². The van der Waals surface area contributed by atoms with Crippen molar-refractivity contribution in [3.8, 4) is 5.75 Å². The molecule has 2 heterocycles. The first-order valence-corrected chi connectivity index (χ1v) is 8.32. The number of amides is 1. The molecule has 0 saturated carbocycles. The highest BCUT2D eigenvalue weighted by Crippen LogP contribution is 2.23. The fourth-order valence-corrected chi connectivity index (χ4v) is 3.31. The first-order chi connectivity index (χ1) is 10.7. The number of aromatic hydroxyl groups is 1. The number of anilines is 1. The maximum absolute atomic E-state index is 12.6. The van der Waals surface area contributed by atoms with Crippen LogP contribution in [0.1, 0.15) is 22.8 Å². The normalized spacial score (nSPS) is 15.1. The predicted molar refractivity (Wildman–Crippen MR) is 87.7 cm³/mol. The molecule has 0 radical (unpaired) electrons. The van der Waals surface area contributed by atoms with Gasteiger partial charge in [-0.05, 0) is 24.1 Å². The first-order valence-electron chi connectivity index (χ1n) is 7.44. The number of rotatable bonds is 3. The van der Waals surface area contributed by atoms with Crippen molar-refractivity contribution in [1.82, 2.24) is 9.88 Å². The second-order valence-electron chi connectivity index (χ2n) is 5.30. The highest BCUT2D eigenvalue weighted by molar-refractivity contribution is 7.13. The van der Waals surface area contributed by atoms with Gasteiger partial charge in [0.25, 0.3) is 5.91 Å². The van der Waals surface area contributed by atoms with Crippen molar-refractivity contribution in [3.05, 3.63) is 40.9 Å². The van der Waals surface area contributed by atoms with Gasteiger partial charge in [-0.3, -0.25) is 4.79 Å². The molecule has 1 saturated heterocycles. The molecule has 2 aromatic rings. The number of phenols is 1. The minimum atomic E-state index is -0.0911. The minimum Gasteiger partial charge on any atom is -0.507 e. The van der Waals surface area contributed by atoms with E-state index >= 15 is 0 Å². The zero-order chi connectivity index (χ0) is 15.5. The van der Waals surface area contributed by atoms with Crippen LogP contribution in [0.4, 0.5) is 5.13 Å². The summed E-state index contributed by atoms with van der Waals surface area (Å²) in [5.74, 6) is -0.0314. The summed E-state index contributed by atoms with van der Waals surface area (Å²) in [5.41, 5.74) is 1.46. The monoisotopic (exact) mass is 317 g/mol. The number of aromatic nitrogens is 1. The third-order valence-electron chi connectivity index (χ3n) is 3.96. The van der Waals surface area contributed by atoms with E-state index in [1.165, 1.54) is 0 Å². The molecule has 6 heteroatoms. The number of phenolic OH excluding ortho intramolecular Hbond substituents is 1. The van der Waals surface area contributed by atoms with E-state index in [0.717, 1.165) is 30.2 Å². The molecule has 1 aromatic carbocycles. The Morgan fingerprint density at radius 2 is 2.09 bits per heavy atom. The van der Waals surface area contributed by atoms with Crippen LogP contribution in [-0.2, 0) is 6.42 Å². The van der Waals surface area contributed by atoms with Crippen LogP contribution in [0.2, 0.25) is 0 Å². The standard InChI is InChI=1S/C16H19N3O2S/c1-2-12-3-4-14(20)13(11-12)15(21)18-6-8-19(9-7-18)16-17-5-10-22-16/h3-5,10-11,20H,2,6-9H2,1H3. The van der Waals surface area contributed by atoms with Crippen LogP contribution in [0.3, 0.4) is 0 Å². The van der Waals surface area contributed by atoms with Crippen LogP contribution in [0.5, 0.6) is 5.75 Å². The van der Waals surface area contributed by atoms with Gasteiger partial charge in [-0.1, -0.05) is 13.0 Å². The molecular formula is C16H19N3O2S. The summed E-state index contributed by atoms with van der Waals surface area (Å²) in [6.07, 6.45) is 2.64. The van der Waals surface area contributed by atoms with Crippen molar-refractivity contribution in [2.75, 3.05) is 31.1 Å². The lowest BCUT2D eigenvalue weighted by atomic mass is 10.1. The van der Waals surface area contributed by atoms with Gasteiger partial charge in [-0.15, -0.1) is 11.3 Å². The van der Waals surface area contributed by atoms with Gasteiger partial charge in [0.1, 0.15) is 5.75 Å². The molecule has 0 unspecified atom stereocenters. The van der Waals surface area contributed by atoms with E-state index < -0.39 is 0 Å². The van der Waals surface area contributed by atoms with Gasteiger partial charge in [0, 0.05) is 37.8 Å². The molecule has 3 rings (SSSR count). The fourth-order valence-electron chi connectivity index (χ4n) is 2.62. The summed E-state index contributed by atoms with van der Waals surface area (Å²) in [7, 11) is 0. The zero-order valence-corrected chi connectivity index (χ0v) is 13.3. The van der Waals surface area contributed by atoms with E-state index in [-0.39, 0.29) is 11.7 Å². The van der Waals surface area contributed by atoms with E-state index in [0.29, 0.717) is 18.7 Å². The van der Waals surface area contributed by atoms with Crippen LogP contribution in [0, 0.1) is 0 Å². The second-order valence-corrected chi connectivity index (χ2v) is 6.17. The zero-order valence-electron chi connectivity index (χ0n) is 12.5. The molecule has 1 fully saturated rings. The number of hydrogen-bond acceptors (Lipinski definition) is 5. The van der Waals surface area contributed by atoms with E-state index in [1.54, 1.807) is 34.6 Å². The molecule has 1 aliphatic heterocycles. The number of nitrogens with zero attached hydrogens (tertiary/aromatic N) is 3. The summed E-state index contributed by atoms with van der Waals surface area (Å²) in [6.45, 7) is 4.87. The number of hydrogen-bond donors (Lipinski definition) is 1. The Morgan fingerprint density at radius 3 is 2.73 bits per heavy atom. The lowest BCUT2D eigenvalue weighted by Crippen LogP contribution is -2.48. The maximum Gasteiger partial charge on any atom is 0.257 e. The predicted octanol–water partition coefficient (Wildman–Crippen LogP) is 2.37. The Kier molecular flexibility index (Phi) is 4.29. The van der Waals surface area contributed by atoms with Gasteiger partial charge in [0.2, 0.25) is 0 Å². The van der Waals surface area contributed by atoms with Gasteiger partial charge < -0.3 is 14.9 Å². The number of thiazole rings is 1. The quantitative estimate of drug-likeness (QED) is 0.944. The molecule has 0 atom stereocenters. The van der Waals surface area contributed by atoms with E-state index in [4.69, 9.17) is 0 Å².